The summed E-state index contributed by atoms with van der Waals surface area (Å²) in [5.74, 6) is -0.816. The van der Waals surface area contributed by atoms with Gasteiger partial charge in [0.1, 0.15) is 12.3 Å². The van der Waals surface area contributed by atoms with E-state index in [1.54, 1.807) is 18.2 Å². The molecule has 10 nitrogen and oxygen atoms in total. The number of aromatic nitrogens is 1. The van der Waals surface area contributed by atoms with E-state index in [-0.39, 0.29) is 23.9 Å². The van der Waals surface area contributed by atoms with E-state index in [9.17, 15) is 19.5 Å². The fourth-order valence-corrected chi connectivity index (χ4v) is 4.28. The lowest BCUT2D eigenvalue weighted by atomic mass is 9.99. The van der Waals surface area contributed by atoms with E-state index in [1.165, 1.54) is 24.3 Å². The molecule has 36 heavy (non-hydrogen) atoms. The molecule has 1 saturated heterocycles. The third-order valence-electron chi connectivity index (χ3n) is 6.06. The fraction of sp³-hybridized carbons (Fsp3) is 0.538. The zero-order valence-electron chi connectivity index (χ0n) is 21.0. The highest BCUT2D eigenvalue weighted by Crippen LogP contribution is 2.23. The summed E-state index contributed by atoms with van der Waals surface area (Å²) in [5.41, 5.74) is 1.00. The molecule has 2 amide bonds. The highest BCUT2D eigenvalue weighted by molar-refractivity contribution is 5.95. The Kier molecular flexibility index (Phi) is 10.0. The largest absolute Gasteiger partial charge is 0.448 e. The van der Waals surface area contributed by atoms with Crippen LogP contribution in [-0.4, -0.2) is 71.4 Å². The molecular weight excluding hydrogens is 466 g/mol. The molecule has 0 aromatic carbocycles. The topological polar surface area (TPSA) is 131 Å². The summed E-state index contributed by atoms with van der Waals surface area (Å²) >= 11 is 0. The number of carbonyl (C=O) groups excluding carboxylic acids is 3. The number of hydrogen-bond acceptors (Lipinski definition) is 8. The fourth-order valence-electron chi connectivity index (χ4n) is 4.28. The number of carbonyl (C=O) groups is 3. The Bertz CT molecular complexity index is 1010. The number of ether oxygens (including phenoxy) is 2. The maximum absolute atomic E-state index is 13.1. The second-order valence-electron chi connectivity index (χ2n) is 9.19. The Morgan fingerprint density at radius 1 is 1.22 bits per heavy atom. The van der Waals surface area contributed by atoms with Gasteiger partial charge in [0, 0.05) is 33.0 Å². The second kappa shape index (κ2) is 13.2. The van der Waals surface area contributed by atoms with E-state index >= 15 is 0 Å². The summed E-state index contributed by atoms with van der Waals surface area (Å²) in [5, 5.41) is 13.2. The highest BCUT2D eigenvalue weighted by Gasteiger charge is 2.37. The summed E-state index contributed by atoms with van der Waals surface area (Å²) in [4.78, 5) is 43.7. The number of nitrogens with one attached hydrogen (secondary N) is 1. The molecule has 0 radical (unpaired) electrons. The number of methoxy groups -OCH3 is 1. The van der Waals surface area contributed by atoms with Gasteiger partial charge in [-0.15, -0.1) is 0 Å². The van der Waals surface area contributed by atoms with Crippen LogP contribution < -0.4 is 5.32 Å². The van der Waals surface area contributed by atoms with Crippen molar-refractivity contribution in [2.75, 3.05) is 20.2 Å². The Morgan fingerprint density at radius 3 is 2.81 bits per heavy atom. The molecule has 196 valence electrons. The maximum Gasteiger partial charge on any atom is 0.331 e. The highest BCUT2D eigenvalue weighted by atomic mass is 16.7. The molecule has 1 fully saturated rings. The van der Waals surface area contributed by atoms with E-state index in [0.717, 1.165) is 5.57 Å². The van der Waals surface area contributed by atoms with Gasteiger partial charge in [-0.25, -0.2) is 9.78 Å². The van der Waals surface area contributed by atoms with Gasteiger partial charge in [-0.05, 0) is 38.2 Å². The number of fused-ring (bicyclic) bond motifs is 3. The van der Waals surface area contributed by atoms with Crippen LogP contribution in [0.2, 0.25) is 0 Å². The average molecular weight is 502 g/mol. The van der Waals surface area contributed by atoms with Crippen molar-refractivity contribution in [2.24, 2.45) is 5.92 Å². The molecule has 3 rings (SSSR count). The van der Waals surface area contributed by atoms with Crippen molar-refractivity contribution in [3.05, 3.63) is 53.8 Å². The minimum absolute atomic E-state index is 0.0443. The Hall–Kier alpha value is -3.24. The zero-order chi connectivity index (χ0) is 26.1. The van der Waals surface area contributed by atoms with Gasteiger partial charge in [0.2, 0.25) is 12.2 Å². The third kappa shape index (κ3) is 7.89. The lowest BCUT2D eigenvalue weighted by Crippen LogP contribution is -2.42. The van der Waals surface area contributed by atoms with Gasteiger partial charge < -0.3 is 29.2 Å². The maximum atomic E-state index is 13.1. The van der Waals surface area contributed by atoms with E-state index in [4.69, 9.17) is 13.9 Å². The number of aliphatic hydroxyl groups excluding tert-OH is 1. The quantitative estimate of drug-likeness (QED) is 0.561. The standard InChI is InChI=1S/C26H35N3O7/c1-17-7-5-11-27-22(31)9-4-10-24(34-3)36-26(33)21-8-6-12-29(21)25(32)20-16-35-23(28-20)15-18(2)14-19(30)13-17/h4-5,7,9,13,16,18-19,21,24,30H,6,8,10-12,14-15H2,1-3H3,(H,27,31)/b7-5+,9-4+,17-13+/t18?,19?,21?,24-/m0/s1. The lowest BCUT2D eigenvalue weighted by Gasteiger charge is -2.24. The Morgan fingerprint density at radius 2 is 2.03 bits per heavy atom. The number of hydrogen-bond donors (Lipinski definition) is 2. The molecule has 3 heterocycles. The van der Waals surface area contributed by atoms with Gasteiger partial charge in [-0.1, -0.05) is 36.8 Å². The van der Waals surface area contributed by atoms with Crippen LogP contribution in [0.3, 0.4) is 0 Å². The van der Waals surface area contributed by atoms with Crippen molar-refractivity contribution in [3.63, 3.8) is 0 Å². The van der Waals surface area contributed by atoms with Crippen LogP contribution in [0, 0.1) is 5.92 Å². The van der Waals surface area contributed by atoms with Crippen LogP contribution in [-0.2, 0) is 25.5 Å². The zero-order valence-corrected chi connectivity index (χ0v) is 21.0. The average Bonchev–Trinajstić information content (AvgIpc) is 3.50. The summed E-state index contributed by atoms with van der Waals surface area (Å²) in [7, 11) is 1.41. The first-order valence-corrected chi connectivity index (χ1v) is 12.2. The van der Waals surface area contributed by atoms with Crippen molar-refractivity contribution < 1.29 is 33.4 Å². The summed E-state index contributed by atoms with van der Waals surface area (Å²) in [6.45, 7) is 4.57. The van der Waals surface area contributed by atoms with Gasteiger partial charge in [-0.3, -0.25) is 9.59 Å². The summed E-state index contributed by atoms with van der Waals surface area (Å²) in [6, 6.07) is -0.750. The molecule has 0 saturated carbocycles. The first-order chi connectivity index (χ1) is 17.3. The van der Waals surface area contributed by atoms with Crippen LogP contribution >= 0.6 is 0 Å². The smallest absolute Gasteiger partial charge is 0.331 e. The van der Waals surface area contributed by atoms with Crippen molar-refractivity contribution in [3.8, 4) is 0 Å². The molecule has 4 atom stereocenters. The minimum Gasteiger partial charge on any atom is -0.448 e. The van der Waals surface area contributed by atoms with Crippen molar-refractivity contribution in [1.29, 1.82) is 0 Å². The number of cyclic esters (lactones) is 1. The van der Waals surface area contributed by atoms with E-state index < -0.39 is 30.3 Å². The summed E-state index contributed by atoms with van der Waals surface area (Å²) in [6.07, 6.45) is 10.3. The monoisotopic (exact) mass is 501 g/mol. The number of amides is 2. The van der Waals surface area contributed by atoms with Crippen LogP contribution in [0.5, 0.6) is 0 Å². The summed E-state index contributed by atoms with van der Waals surface area (Å²) < 4.78 is 16.2. The molecule has 2 bridgehead atoms. The first-order valence-electron chi connectivity index (χ1n) is 12.2. The van der Waals surface area contributed by atoms with Crippen LogP contribution in [0.25, 0.3) is 0 Å². The first kappa shape index (κ1) is 27.3. The number of esters is 1. The SMILES string of the molecule is CO[C@@H]1C/C=C/C(=O)NC/C=C/C(C)=C/C(O)CC(C)Cc2nc(co2)C(=O)N2CCCC2C(=O)O1. The number of oxazole rings is 1. The number of nitrogens with zero attached hydrogens (tertiary/aromatic N) is 2. The third-order valence-corrected chi connectivity index (χ3v) is 6.06. The molecule has 3 unspecified atom stereocenters. The lowest BCUT2D eigenvalue weighted by molar-refractivity contribution is -0.177. The molecule has 1 aromatic rings. The minimum atomic E-state index is -0.889. The molecule has 2 N–H and O–H groups in total. The molecule has 0 spiro atoms. The van der Waals surface area contributed by atoms with Gasteiger partial charge in [-0.2, -0.15) is 0 Å². The molecule has 2 aliphatic rings. The predicted octanol–water partition coefficient (Wildman–Crippen LogP) is 2.30. The predicted molar refractivity (Wildman–Crippen MR) is 131 cm³/mol. The van der Waals surface area contributed by atoms with Crippen molar-refractivity contribution in [1.82, 2.24) is 15.2 Å². The normalized spacial score (nSPS) is 30.5. The van der Waals surface area contributed by atoms with E-state index in [2.05, 4.69) is 10.3 Å². The Balaban J connectivity index is 1.79. The van der Waals surface area contributed by atoms with E-state index in [1.807, 2.05) is 19.9 Å². The molecule has 10 heteroatoms. The van der Waals surface area contributed by atoms with Gasteiger partial charge in [0.25, 0.3) is 5.91 Å². The number of allylic oxidation sites excluding steroid dienone is 2. The molecule has 0 aliphatic carbocycles. The Labute approximate surface area is 211 Å². The molecule has 1 aromatic heterocycles. The van der Waals surface area contributed by atoms with Gasteiger partial charge >= 0.3 is 5.97 Å². The van der Waals surface area contributed by atoms with Crippen LogP contribution in [0.15, 0.2) is 46.6 Å². The molecular formula is C26H35N3O7. The number of aliphatic hydroxyl groups is 1. The van der Waals surface area contributed by atoms with Crippen molar-refractivity contribution >= 4 is 17.8 Å². The van der Waals surface area contributed by atoms with Crippen LogP contribution in [0.1, 0.15) is 55.9 Å². The van der Waals surface area contributed by atoms with Gasteiger partial charge in [0.15, 0.2) is 11.6 Å². The van der Waals surface area contributed by atoms with E-state index in [0.29, 0.717) is 44.7 Å². The molecule has 2 aliphatic heterocycles. The second-order valence-corrected chi connectivity index (χ2v) is 9.19. The number of rotatable bonds is 1. The van der Waals surface area contributed by atoms with Crippen LogP contribution in [0.4, 0.5) is 0 Å². The van der Waals surface area contributed by atoms with Gasteiger partial charge in [0.05, 0.1) is 6.10 Å². The van der Waals surface area contributed by atoms with Crippen molar-refractivity contribution in [2.45, 2.75) is 64.4 Å².